The Morgan fingerprint density at radius 1 is 1.47 bits per heavy atom. The van der Waals surface area contributed by atoms with E-state index in [2.05, 4.69) is 15.9 Å². The van der Waals surface area contributed by atoms with Crippen LogP contribution >= 0.6 is 15.9 Å². The van der Waals surface area contributed by atoms with Gasteiger partial charge in [0.1, 0.15) is 0 Å². The summed E-state index contributed by atoms with van der Waals surface area (Å²) in [7, 11) is 0. The molecule has 0 aliphatic carbocycles. The summed E-state index contributed by atoms with van der Waals surface area (Å²) in [5, 5.41) is 0. The molecule has 0 saturated carbocycles. The topological polar surface area (TPSA) is 26.3 Å². The molecule has 0 amide bonds. The summed E-state index contributed by atoms with van der Waals surface area (Å²) in [6, 6.07) is 7.73. The fourth-order valence-electron chi connectivity index (χ4n) is 1.13. The van der Waals surface area contributed by atoms with Crippen LogP contribution in [-0.2, 0) is 9.53 Å². The van der Waals surface area contributed by atoms with E-state index >= 15 is 0 Å². The molecule has 1 aromatic carbocycles. The van der Waals surface area contributed by atoms with E-state index in [4.69, 9.17) is 4.74 Å². The van der Waals surface area contributed by atoms with Crippen molar-refractivity contribution in [2.45, 2.75) is 13.8 Å². The summed E-state index contributed by atoms with van der Waals surface area (Å²) >= 11 is 3.42. The van der Waals surface area contributed by atoms with E-state index in [0.29, 0.717) is 12.2 Å². The average molecular weight is 269 g/mol. The third-order valence-corrected chi connectivity index (χ3v) is 2.60. The molecule has 80 valence electrons. The van der Waals surface area contributed by atoms with Gasteiger partial charge in [-0.15, -0.1) is 0 Å². The molecular formula is C12H13BrO2. The SMILES string of the molecule is CCOC(=O)C(C)=Cc1ccccc1Br. The first-order valence-corrected chi connectivity index (χ1v) is 5.54. The highest BCUT2D eigenvalue weighted by molar-refractivity contribution is 9.10. The average Bonchev–Trinajstić information content (AvgIpc) is 2.21. The molecule has 0 radical (unpaired) electrons. The van der Waals surface area contributed by atoms with Gasteiger partial charge in [-0.2, -0.15) is 0 Å². The van der Waals surface area contributed by atoms with Crippen LogP contribution < -0.4 is 0 Å². The van der Waals surface area contributed by atoms with Crippen molar-refractivity contribution >= 4 is 28.0 Å². The van der Waals surface area contributed by atoms with E-state index in [-0.39, 0.29) is 5.97 Å². The number of carbonyl (C=O) groups is 1. The maximum atomic E-state index is 11.4. The number of hydrogen-bond acceptors (Lipinski definition) is 2. The first-order chi connectivity index (χ1) is 7.15. The van der Waals surface area contributed by atoms with E-state index in [1.807, 2.05) is 30.3 Å². The molecule has 0 fully saturated rings. The zero-order chi connectivity index (χ0) is 11.3. The van der Waals surface area contributed by atoms with Gasteiger partial charge in [0.15, 0.2) is 0 Å². The maximum absolute atomic E-state index is 11.4. The van der Waals surface area contributed by atoms with Gasteiger partial charge in [0.2, 0.25) is 0 Å². The molecule has 0 saturated heterocycles. The van der Waals surface area contributed by atoms with Crippen LogP contribution in [-0.4, -0.2) is 12.6 Å². The summed E-state index contributed by atoms with van der Waals surface area (Å²) in [5.74, 6) is -0.270. The van der Waals surface area contributed by atoms with Crippen molar-refractivity contribution in [3.8, 4) is 0 Å². The molecule has 15 heavy (non-hydrogen) atoms. The normalized spacial score (nSPS) is 11.3. The van der Waals surface area contributed by atoms with Gasteiger partial charge in [0.05, 0.1) is 6.61 Å². The minimum absolute atomic E-state index is 0.270. The lowest BCUT2D eigenvalue weighted by Crippen LogP contribution is -2.04. The highest BCUT2D eigenvalue weighted by Crippen LogP contribution is 2.19. The Hall–Kier alpha value is -1.09. The van der Waals surface area contributed by atoms with Crippen LogP contribution in [0.3, 0.4) is 0 Å². The lowest BCUT2D eigenvalue weighted by atomic mass is 10.1. The molecule has 0 aromatic heterocycles. The highest BCUT2D eigenvalue weighted by Gasteiger charge is 2.05. The van der Waals surface area contributed by atoms with Gasteiger partial charge in [0.25, 0.3) is 0 Å². The molecule has 1 aromatic rings. The second-order valence-electron chi connectivity index (χ2n) is 3.07. The Morgan fingerprint density at radius 3 is 2.73 bits per heavy atom. The lowest BCUT2D eigenvalue weighted by molar-refractivity contribution is -0.138. The molecule has 0 unspecified atom stereocenters. The number of benzene rings is 1. The van der Waals surface area contributed by atoms with Crippen LogP contribution in [0.15, 0.2) is 34.3 Å². The number of halogens is 1. The van der Waals surface area contributed by atoms with Gasteiger partial charge in [-0.1, -0.05) is 34.1 Å². The lowest BCUT2D eigenvalue weighted by Gasteiger charge is -2.02. The number of hydrogen-bond donors (Lipinski definition) is 0. The third kappa shape index (κ3) is 3.51. The van der Waals surface area contributed by atoms with Crippen molar-refractivity contribution in [2.24, 2.45) is 0 Å². The molecule has 2 nitrogen and oxygen atoms in total. The van der Waals surface area contributed by atoms with E-state index in [1.165, 1.54) is 0 Å². The zero-order valence-electron chi connectivity index (χ0n) is 8.79. The maximum Gasteiger partial charge on any atom is 0.333 e. The standard InChI is InChI=1S/C12H13BrO2/c1-3-15-12(14)9(2)8-10-6-4-5-7-11(10)13/h4-8H,3H2,1-2H3. The van der Waals surface area contributed by atoms with Gasteiger partial charge in [0, 0.05) is 10.0 Å². The van der Waals surface area contributed by atoms with Crippen LogP contribution in [0.1, 0.15) is 19.4 Å². The molecule has 1 rings (SSSR count). The van der Waals surface area contributed by atoms with Crippen LogP contribution in [0.25, 0.3) is 6.08 Å². The fourth-order valence-corrected chi connectivity index (χ4v) is 1.53. The van der Waals surface area contributed by atoms with Crippen molar-refractivity contribution in [3.05, 3.63) is 39.9 Å². The smallest absolute Gasteiger partial charge is 0.333 e. The van der Waals surface area contributed by atoms with Crippen molar-refractivity contribution in [2.75, 3.05) is 6.61 Å². The third-order valence-electron chi connectivity index (χ3n) is 1.87. The van der Waals surface area contributed by atoms with E-state index < -0.39 is 0 Å². The van der Waals surface area contributed by atoms with E-state index in [9.17, 15) is 4.79 Å². The number of rotatable bonds is 3. The van der Waals surface area contributed by atoms with Gasteiger partial charge >= 0.3 is 5.97 Å². The van der Waals surface area contributed by atoms with Gasteiger partial charge in [-0.3, -0.25) is 0 Å². The number of esters is 1. The number of ether oxygens (including phenoxy) is 1. The molecule has 0 bridgehead atoms. The Balaban J connectivity index is 2.88. The Bertz CT molecular complexity index is 383. The van der Waals surface area contributed by atoms with Crippen LogP contribution in [0.2, 0.25) is 0 Å². The van der Waals surface area contributed by atoms with Crippen molar-refractivity contribution in [3.63, 3.8) is 0 Å². The summed E-state index contributed by atoms with van der Waals surface area (Å²) < 4.78 is 5.86. The molecule has 0 atom stereocenters. The predicted octanol–water partition coefficient (Wildman–Crippen LogP) is 3.42. The fraction of sp³-hybridized carbons (Fsp3) is 0.250. The minimum atomic E-state index is -0.270. The summed E-state index contributed by atoms with van der Waals surface area (Å²) in [6.07, 6.45) is 1.81. The van der Waals surface area contributed by atoms with Crippen LogP contribution in [0.5, 0.6) is 0 Å². The van der Waals surface area contributed by atoms with Crippen LogP contribution in [0.4, 0.5) is 0 Å². The van der Waals surface area contributed by atoms with E-state index in [1.54, 1.807) is 13.8 Å². The Morgan fingerprint density at radius 2 is 2.13 bits per heavy atom. The first-order valence-electron chi connectivity index (χ1n) is 4.75. The second kappa shape index (κ2) is 5.71. The Labute approximate surface area is 98.1 Å². The summed E-state index contributed by atoms with van der Waals surface area (Å²) in [6.45, 7) is 3.95. The molecule has 0 spiro atoms. The Kier molecular flexibility index (Phi) is 4.56. The molecule has 0 aliphatic heterocycles. The second-order valence-corrected chi connectivity index (χ2v) is 3.92. The quantitative estimate of drug-likeness (QED) is 0.620. The largest absolute Gasteiger partial charge is 0.463 e. The van der Waals surface area contributed by atoms with E-state index in [0.717, 1.165) is 10.0 Å². The molecule has 0 aliphatic rings. The monoisotopic (exact) mass is 268 g/mol. The first kappa shape index (κ1) is 12.0. The molecule has 3 heteroatoms. The summed E-state index contributed by atoms with van der Waals surface area (Å²) in [4.78, 5) is 11.4. The van der Waals surface area contributed by atoms with Gasteiger partial charge in [-0.05, 0) is 31.6 Å². The van der Waals surface area contributed by atoms with Crippen molar-refractivity contribution in [1.82, 2.24) is 0 Å². The van der Waals surface area contributed by atoms with Gasteiger partial charge < -0.3 is 4.74 Å². The van der Waals surface area contributed by atoms with Crippen molar-refractivity contribution in [1.29, 1.82) is 0 Å². The van der Waals surface area contributed by atoms with Crippen LogP contribution in [0, 0.1) is 0 Å². The minimum Gasteiger partial charge on any atom is -0.463 e. The summed E-state index contributed by atoms with van der Waals surface area (Å²) in [5.41, 5.74) is 1.58. The van der Waals surface area contributed by atoms with Crippen molar-refractivity contribution < 1.29 is 9.53 Å². The molecular weight excluding hydrogens is 256 g/mol. The molecule has 0 N–H and O–H groups in total. The highest BCUT2D eigenvalue weighted by atomic mass is 79.9. The zero-order valence-corrected chi connectivity index (χ0v) is 10.4. The van der Waals surface area contributed by atoms with Gasteiger partial charge in [-0.25, -0.2) is 4.79 Å². The number of carbonyl (C=O) groups excluding carboxylic acids is 1. The predicted molar refractivity (Wildman–Crippen MR) is 64.4 cm³/mol. The molecule has 0 heterocycles.